The monoisotopic (exact) mass is 402 g/mol. The van der Waals surface area contributed by atoms with Crippen LogP contribution in [0.15, 0.2) is 30.3 Å². The van der Waals surface area contributed by atoms with Crippen LogP contribution >= 0.6 is 11.6 Å². The largest absolute Gasteiger partial charge is 0.495 e. The fourth-order valence-electron chi connectivity index (χ4n) is 3.25. The molecular formula is C21H23ClN2O4. The zero-order chi connectivity index (χ0) is 20.4. The molecule has 1 saturated heterocycles. The van der Waals surface area contributed by atoms with Crippen LogP contribution in [0.5, 0.6) is 11.5 Å². The Kier molecular flexibility index (Phi) is 5.79. The number of methoxy groups -OCH3 is 2. The number of ether oxygens (including phenoxy) is 2. The number of amides is 2. The van der Waals surface area contributed by atoms with Crippen molar-refractivity contribution < 1.29 is 19.1 Å². The number of carbonyl (C=O) groups excluding carboxylic acids is 2. The van der Waals surface area contributed by atoms with Crippen LogP contribution < -0.4 is 19.7 Å². The lowest BCUT2D eigenvalue weighted by molar-refractivity contribution is -0.129. The SMILES string of the molecule is COc1cc(NC(=O)C2CCN(c3ccc(C)c(C)c3)C2=O)c(OC)cc1Cl. The minimum atomic E-state index is -0.756. The Labute approximate surface area is 169 Å². The number of hydrogen-bond acceptors (Lipinski definition) is 4. The molecule has 1 aliphatic rings. The van der Waals surface area contributed by atoms with Gasteiger partial charge >= 0.3 is 0 Å². The maximum atomic E-state index is 12.9. The summed E-state index contributed by atoms with van der Waals surface area (Å²) in [7, 11) is 2.97. The van der Waals surface area contributed by atoms with E-state index in [1.54, 1.807) is 17.0 Å². The molecule has 1 heterocycles. The van der Waals surface area contributed by atoms with E-state index >= 15 is 0 Å². The Hall–Kier alpha value is -2.73. The van der Waals surface area contributed by atoms with E-state index in [0.29, 0.717) is 35.2 Å². The molecule has 0 saturated carbocycles. The van der Waals surface area contributed by atoms with Gasteiger partial charge < -0.3 is 19.7 Å². The third-order valence-electron chi connectivity index (χ3n) is 5.06. The summed E-state index contributed by atoms with van der Waals surface area (Å²) in [4.78, 5) is 27.3. The van der Waals surface area contributed by atoms with Crippen LogP contribution in [-0.4, -0.2) is 32.6 Å². The number of hydrogen-bond donors (Lipinski definition) is 1. The average molecular weight is 403 g/mol. The van der Waals surface area contributed by atoms with Crippen molar-refractivity contribution in [2.24, 2.45) is 5.92 Å². The standard InChI is InChI=1S/C21H23ClN2O4/c1-12-5-6-14(9-13(12)2)24-8-7-15(21(24)26)20(25)23-17-11-18(27-3)16(22)10-19(17)28-4/h5-6,9-11,15H,7-8H2,1-4H3,(H,23,25). The summed E-state index contributed by atoms with van der Waals surface area (Å²) in [6.45, 7) is 4.53. The fourth-order valence-corrected chi connectivity index (χ4v) is 3.48. The Bertz CT molecular complexity index is 929. The Morgan fingerprint density at radius 3 is 2.46 bits per heavy atom. The number of benzene rings is 2. The number of halogens is 1. The Morgan fingerprint density at radius 1 is 1.11 bits per heavy atom. The van der Waals surface area contributed by atoms with Crippen LogP contribution in [0.4, 0.5) is 11.4 Å². The van der Waals surface area contributed by atoms with Crippen LogP contribution in [0.25, 0.3) is 0 Å². The molecule has 1 fully saturated rings. The molecule has 1 atom stereocenters. The maximum absolute atomic E-state index is 12.9. The van der Waals surface area contributed by atoms with Crippen molar-refractivity contribution >= 4 is 34.8 Å². The quantitative estimate of drug-likeness (QED) is 0.768. The molecule has 0 spiro atoms. The molecular weight excluding hydrogens is 380 g/mol. The molecule has 1 unspecified atom stereocenters. The zero-order valence-electron chi connectivity index (χ0n) is 16.3. The lowest BCUT2D eigenvalue weighted by atomic mass is 10.1. The van der Waals surface area contributed by atoms with E-state index in [2.05, 4.69) is 5.32 Å². The fraction of sp³-hybridized carbons (Fsp3) is 0.333. The first-order valence-electron chi connectivity index (χ1n) is 8.96. The van der Waals surface area contributed by atoms with E-state index in [0.717, 1.165) is 16.8 Å². The molecule has 1 N–H and O–H groups in total. The van der Waals surface area contributed by atoms with E-state index < -0.39 is 5.92 Å². The van der Waals surface area contributed by atoms with E-state index in [9.17, 15) is 9.59 Å². The third-order valence-corrected chi connectivity index (χ3v) is 5.35. The van der Waals surface area contributed by atoms with Crippen molar-refractivity contribution in [3.63, 3.8) is 0 Å². The Morgan fingerprint density at radius 2 is 1.82 bits per heavy atom. The van der Waals surface area contributed by atoms with Crippen LogP contribution in [0.1, 0.15) is 17.5 Å². The Balaban J connectivity index is 1.79. The van der Waals surface area contributed by atoms with Crippen molar-refractivity contribution in [1.29, 1.82) is 0 Å². The molecule has 2 aromatic rings. The minimum Gasteiger partial charge on any atom is -0.495 e. The summed E-state index contributed by atoms with van der Waals surface area (Å²) >= 11 is 6.10. The highest BCUT2D eigenvalue weighted by atomic mass is 35.5. The first kappa shape index (κ1) is 20.0. The summed E-state index contributed by atoms with van der Waals surface area (Å²) in [5.41, 5.74) is 3.49. The molecule has 0 aromatic heterocycles. The van der Waals surface area contributed by atoms with Crippen LogP contribution in [0, 0.1) is 19.8 Å². The van der Waals surface area contributed by atoms with Crippen molar-refractivity contribution in [2.45, 2.75) is 20.3 Å². The highest BCUT2D eigenvalue weighted by Crippen LogP contribution is 2.36. The van der Waals surface area contributed by atoms with E-state index in [4.69, 9.17) is 21.1 Å². The molecule has 6 nitrogen and oxygen atoms in total. The van der Waals surface area contributed by atoms with Gasteiger partial charge in [0.2, 0.25) is 11.8 Å². The predicted octanol–water partition coefficient (Wildman–Crippen LogP) is 3.97. The number of anilines is 2. The van der Waals surface area contributed by atoms with Gasteiger partial charge in [0.05, 0.1) is 24.9 Å². The number of aryl methyl sites for hydroxylation is 2. The van der Waals surface area contributed by atoms with E-state index in [1.165, 1.54) is 14.2 Å². The van der Waals surface area contributed by atoms with Gasteiger partial charge in [-0.2, -0.15) is 0 Å². The molecule has 1 aliphatic heterocycles. The second-order valence-corrected chi connectivity index (χ2v) is 7.18. The molecule has 148 valence electrons. The second-order valence-electron chi connectivity index (χ2n) is 6.78. The average Bonchev–Trinajstić information content (AvgIpc) is 3.06. The number of rotatable bonds is 5. The molecule has 0 bridgehead atoms. The summed E-state index contributed by atoms with van der Waals surface area (Å²) in [5, 5.41) is 3.15. The van der Waals surface area contributed by atoms with Crippen molar-refractivity contribution in [1.82, 2.24) is 0 Å². The van der Waals surface area contributed by atoms with Gasteiger partial charge in [0.25, 0.3) is 0 Å². The second kappa shape index (κ2) is 8.10. The van der Waals surface area contributed by atoms with Gasteiger partial charge in [0, 0.05) is 24.4 Å². The normalized spacial score (nSPS) is 16.2. The lowest BCUT2D eigenvalue weighted by Gasteiger charge is -2.18. The minimum absolute atomic E-state index is 0.208. The van der Waals surface area contributed by atoms with Crippen LogP contribution in [0.2, 0.25) is 5.02 Å². The highest BCUT2D eigenvalue weighted by Gasteiger charge is 2.38. The zero-order valence-corrected chi connectivity index (χ0v) is 17.1. The van der Waals surface area contributed by atoms with Gasteiger partial charge in [-0.25, -0.2) is 0 Å². The number of carbonyl (C=O) groups is 2. The van der Waals surface area contributed by atoms with Crippen molar-refractivity contribution in [3.8, 4) is 11.5 Å². The summed E-state index contributed by atoms with van der Waals surface area (Å²) in [6.07, 6.45) is 0.449. The first-order valence-corrected chi connectivity index (χ1v) is 9.34. The topological polar surface area (TPSA) is 67.9 Å². The molecule has 3 rings (SSSR count). The van der Waals surface area contributed by atoms with Gasteiger partial charge in [0.1, 0.15) is 17.4 Å². The molecule has 2 amide bonds. The van der Waals surface area contributed by atoms with Gasteiger partial charge in [-0.3, -0.25) is 9.59 Å². The van der Waals surface area contributed by atoms with E-state index in [1.807, 2.05) is 32.0 Å². The van der Waals surface area contributed by atoms with Gasteiger partial charge in [-0.1, -0.05) is 17.7 Å². The predicted molar refractivity (Wildman–Crippen MR) is 110 cm³/mol. The number of nitrogens with zero attached hydrogens (tertiary/aromatic N) is 1. The number of nitrogens with one attached hydrogen (secondary N) is 1. The molecule has 0 radical (unpaired) electrons. The molecule has 28 heavy (non-hydrogen) atoms. The van der Waals surface area contributed by atoms with Crippen LogP contribution in [0.3, 0.4) is 0 Å². The van der Waals surface area contributed by atoms with Gasteiger partial charge in [-0.05, 0) is 43.5 Å². The molecule has 2 aromatic carbocycles. The first-order chi connectivity index (χ1) is 13.3. The smallest absolute Gasteiger partial charge is 0.239 e. The summed E-state index contributed by atoms with van der Waals surface area (Å²) < 4.78 is 10.5. The van der Waals surface area contributed by atoms with Gasteiger partial charge in [-0.15, -0.1) is 0 Å². The summed E-state index contributed by atoms with van der Waals surface area (Å²) in [5.74, 6) is -0.532. The molecule has 7 heteroatoms. The van der Waals surface area contributed by atoms with Crippen LogP contribution in [-0.2, 0) is 9.59 Å². The molecule has 0 aliphatic carbocycles. The lowest BCUT2D eigenvalue weighted by Crippen LogP contribution is -2.33. The van der Waals surface area contributed by atoms with Crippen molar-refractivity contribution in [3.05, 3.63) is 46.5 Å². The third kappa shape index (κ3) is 3.78. The maximum Gasteiger partial charge on any atom is 0.239 e. The van der Waals surface area contributed by atoms with Crippen molar-refractivity contribution in [2.75, 3.05) is 31.0 Å². The van der Waals surface area contributed by atoms with E-state index in [-0.39, 0.29) is 11.8 Å². The highest BCUT2D eigenvalue weighted by molar-refractivity contribution is 6.32. The van der Waals surface area contributed by atoms with Gasteiger partial charge in [0.15, 0.2) is 0 Å². The summed E-state index contributed by atoms with van der Waals surface area (Å²) in [6, 6.07) is 9.01.